The van der Waals surface area contributed by atoms with Gasteiger partial charge in [0.15, 0.2) is 0 Å². The number of carbonyl (C=O) groups excluding carboxylic acids is 1. The van der Waals surface area contributed by atoms with Crippen LogP contribution in [0.1, 0.15) is 36.4 Å². The molecule has 1 unspecified atom stereocenters. The number of nitrogens with one attached hydrogen (secondary N) is 1. The van der Waals surface area contributed by atoms with Gasteiger partial charge in [-0.3, -0.25) is 0 Å². The number of thiazole rings is 1. The topological polar surface area (TPSA) is 82.5 Å². The molecule has 2 heterocycles. The molecule has 1 saturated heterocycles. The molecule has 116 valence electrons. The molecule has 1 aromatic rings. The Hall–Kier alpha value is -1.63. The molecule has 0 radical (unpaired) electrons. The lowest BCUT2D eigenvalue weighted by atomic mass is 10.1. The van der Waals surface area contributed by atoms with Crippen molar-refractivity contribution in [3.05, 3.63) is 16.1 Å². The third-order valence-corrected chi connectivity index (χ3v) is 4.61. The molecule has 7 heteroatoms. The van der Waals surface area contributed by atoms with E-state index in [1.807, 2.05) is 12.3 Å². The highest BCUT2D eigenvalue weighted by molar-refractivity contribution is 7.09. The SMILES string of the molecule is Cc1csc(CCNC(=O)N2CCCCCC2C(=O)O)n1. The van der Waals surface area contributed by atoms with Crippen LogP contribution in [0.25, 0.3) is 0 Å². The van der Waals surface area contributed by atoms with E-state index in [9.17, 15) is 14.7 Å². The van der Waals surface area contributed by atoms with Crippen molar-refractivity contribution in [3.8, 4) is 0 Å². The van der Waals surface area contributed by atoms with E-state index in [-0.39, 0.29) is 6.03 Å². The lowest BCUT2D eigenvalue weighted by Gasteiger charge is -2.27. The summed E-state index contributed by atoms with van der Waals surface area (Å²) in [7, 11) is 0. The van der Waals surface area contributed by atoms with Gasteiger partial charge in [-0.15, -0.1) is 11.3 Å². The molecule has 1 aliphatic heterocycles. The summed E-state index contributed by atoms with van der Waals surface area (Å²) in [5.41, 5.74) is 0.986. The van der Waals surface area contributed by atoms with Gasteiger partial charge in [-0.25, -0.2) is 14.6 Å². The Morgan fingerprint density at radius 2 is 2.29 bits per heavy atom. The van der Waals surface area contributed by atoms with Gasteiger partial charge in [-0.2, -0.15) is 0 Å². The van der Waals surface area contributed by atoms with Gasteiger partial charge in [-0.05, 0) is 19.8 Å². The minimum Gasteiger partial charge on any atom is -0.480 e. The summed E-state index contributed by atoms with van der Waals surface area (Å²) < 4.78 is 0. The van der Waals surface area contributed by atoms with Crippen molar-refractivity contribution < 1.29 is 14.7 Å². The molecular weight excluding hydrogens is 290 g/mol. The van der Waals surface area contributed by atoms with E-state index < -0.39 is 12.0 Å². The number of likely N-dealkylation sites (tertiary alicyclic amines) is 1. The molecule has 0 spiro atoms. The average molecular weight is 311 g/mol. The van der Waals surface area contributed by atoms with Crippen LogP contribution < -0.4 is 5.32 Å². The summed E-state index contributed by atoms with van der Waals surface area (Å²) >= 11 is 1.58. The number of carbonyl (C=O) groups is 2. The van der Waals surface area contributed by atoms with Crippen molar-refractivity contribution >= 4 is 23.3 Å². The predicted molar refractivity (Wildman–Crippen MR) is 80.6 cm³/mol. The number of urea groups is 1. The summed E-state index contributed by atoms with van der Waals surface area (Å²) in [6.07, 6.45) is 3.91. The number of rotatable bonds is 4. The number of carboxylic acids is 1. The van der Waals surface area contributed by atoms with Crippen LogP contribution in [0.4, 0.5) is 4.79 Å². The number of amides is 2. The van der Waals surface area contributed by atoms with Crippen molar-refractivity contribution in [2.24, 2.45) is 0 Å². The standard InChI is InChI=1S/C14H21N3O3S/c1-10-9-21-12(16-10)6-7-15-14(20)17-8-4-2-3-5-11(17)13(18)19/h9,11H,2-8H2,1H3,(H,15,20)(H,18,19). The van der Waals surface area contributed by atoms with Crippen LogP contribution in [-0.4, -0.2) is 46.1 Å². The second-order valence-corrected chi connectivity index (χ2v) is 6.20. The molecule has 1 aromatic heterocycles. The van der Waals surface area contributed by atoms with Gasteiger partial charge < -0.3 is 15.3 Å². The highest BCUT2D eigenvalue weighted by Gasteiger charge is 2.30. The van der Waals surface area contributed by atoms with E-state index in [0.29, 0.717) is 25.9 Å². The van der Waals surface area contributed by atoms with E-state index in [1.54, 1.807) is 11.3 Å². The van der Waals surface area contributed by atoms with Crippen molar-refractivity contribution in [3.63, 3.8) is 0 Å². The Kier molecular flexibility index (Phi) is 5.55. The molecule has 0 bridgehead atoms. The molecule has 1 atom stereocenters. The molecule has 21 heavy (non-hydrogen) atoms. The van der Waals surface area contributed by atoms with Crippen molar-refractivity contribution in [2.75, 3.05) is 13.1 Å². The zero-order valence-corrected chi connectivity index (χ0v) is 13.0. The van der Waals surface area contributed by atoms with Crippen LogP contribution in [0.2, 0.25) is 0 Å². The predicted octanol–water partition coefficient (Wildman–Crippen LogP) is 2.03. The summed E-state index contributed by atoms with van der Waals surface area (Å²) in [5, 5.41) is 15.0. The smallest absolute Gasteiger partial charge is 0.326 e. The van der Waals surface area contributed by atoms with E-state index in [1.165, 1.54) is 4.90 Å². The first-order valence-corrected chi connectivity index (χ1v) is 8.14. The lowest BCUT2D eigenvalue weighted by molar-refractivity contribution is -0.142. The van der Waals surface area contributed by atoms with Gasteiger partial charge in [0.2, 0.25) is 0 Å². The molecule has 2 amide bonds. The number of hydrogen-bond acceptors (Lipinski definition) is 4. The Morgan fingerprint density at radius 3 is 2.95 bits per heavy atom. The first-order valence-electron chi connectivity index (χ1n) is 7.26. The van der Waals surface area contributed by atoms with Crippen LogP contribution in [-0.2, 0) is 11.2 Å². The van der Waals surface area contributed by atoms with E-state index in [4.69, 9.17) is 0 Å². The summed E-state index contributed by atoms with van der Waals surface area (Å²) in [4.78, 5) is 29.3. The lowest BCUT2D eigenvalue weighted by Crippen LogP contribution is -2.49. The van der Waals surface area contributed by atoms with Crippen molar-refractivity contribution in [1.29, 1.82) is 0 Å². The molecule has 2 rings (SSSR count). The fourth-order valence-corrected chi connectivity index (χ4v) is 3.28. The van der Waals surface area contributed by atoms with Gasteiger partial charge in [0.25, 0.3) is 0 Å². The number of nitrogens with zero attached hydrogens (tertiary/aromatic N) is 2. The van der Waals surface area contributed by atoms with Crippen LogP contribution in [0.5, 0.6) is 0 Å². The Morgan fingerprint density at radius 1 is 1.48 bits per heavy atom. The molecule has 2 N–H and O–H groups in total. The zero-order chi connectivity index (χ0) is 15.2. The number of carboxylic acid groups (broad SMARTS) is 1. The summed E-state index contributed by atoms with van der Waals surface area (Å²) in [6.45, 7) is 2.93. The molecule has 1 fully saturated rings. The normalized spacial score (nSPS) is 19.1. The Labute approximate surface area is 128 Å². The van der Waals surface area contributed by atoms with Gasteiger partial charge in [-0.1, -0.05) is 12.8 Å². The highest BCUT2D eigenvalue weighted by Crippen LogP contribution is 2.17. The first kappa shape index (κ1) is 15.8. The number of aryl methyl sites for hydroxylation is 1. The monoisotopic (exact) mass is 311 g/mol. The average Bonchev–Trinajstić information content (AvgIpc) is 2.72. The van der Waals surface area contributed by atoms with E-state index in [2.05, 4.69) is 10.3 Å². The maximum Gasteiger partial charge on any atom is 0.326 e. The second kappa shape index (κ2) is 7.40. The zero-order valence-electron chi connectivity index (χ0n) is 12.2. The minimum atomic E-state index is -0.914. The van der Waals surface area contributed by atoms with Gasteiger partial charge >= 0.3 is 12.0 Å². The van der Waals surface area contributed by atoms with Crippen molar-refractivity contribution in [2.45, 2.75) is 45.1 Å². The minimum absolute atomic E-state index is 0.280. The fraction of sp³-hybridized carbons (Fsp3) is 0.643. The molecule has 0 saturated carbocycles. The maximum atomic E-state index is 12.2. The van der Waals surface area contributed by atoms with Gasteiger partial charge in [0.05, 0.1) is 5.01 Å². The van der Waals surface area contributed by atoms with E-state index >= 15 is 0 Å². The Balaban J connectivity index is 1.86. The molecule has 0 aromatic carbocycles. The summed E-state index contributed by atoms with van der Waals surface area (Å²) in [5.74, 6) is -0.914. The molecule has 0 aliphatic carbocycles. The molecule has 6 nitrogen and oxygen atoms in total. The molecule has 1 aliphatic rings. The first-order chi connectivity index (χ1) is 10.1. The van der Waals surface area contributed by atoms with Crippen LogP contribution in [0, 0.1) is 6.92 Å². The van der Waals surface area contributed by atoms with Gasteiger partial charge in [0.1, 0.15) is 6.04 Å². The maximum absolute atomic E-state index is 12.2. The van der Waals surface area contributed by atoms with Crippen LogP contribution in [0.15, 0.2) is 5.38 Å². The third kappa shape index (κ3) is 4.42. The fourth-order valence-electron chi connectivity index (χ4n) is 2.50. The third-order valence-electron chi connectivity index (χ3n) is 3.58. The number of hydrogen-bond donors (Lipinski definition) is 2. The highest BCUT2D eigenvalue weighted by atomic mass is 32.1. The van der Waals surface area contributed by atoms with Crippen LogP contribution >= 0.6 is 11.3 Å². The quantitative estimate of drug-likeness (QED) is 0.891. The Bertz CT molecular complexity index is 503. The summed E-state index contributed by atoms with van der Waals surface area (Å²) in [6, 6.07) is -0.979. The van der Waals surface area contributed by atoms with Crippen LogP contribution in [0.3, 0.4) is 0 Å². The number of aliphatic carboxylic acids is 1. The number of aromatic nitrogens is 1. The largest absolute Gasteiger partial charge is 0.480 e. The molecular formula is C14H21N3O3S. The van der Waals surface area contributed by atoms with E-state index in [0.717, 1.165) is 30.0 Å². The van der Waals surface area contributed by atoms with Gasteiger partial charge in [0, 0.05) is 30.6 Å². The van der Waals surface area contributed by atoms with Crippen molar-refractivity contribution in [1.82, 2.24) is 15.2 Å². The second-order valence-electron chi connectivity index (χ2n) is 5.26.